The molecule has 5 heteroatoms. The third kappa shape index (κ3) is 3.24. The molecule has 5 nitrogen and oxygen atoms in total. The maximum atomic E-state index is 12.3. The van der Waals surface area contributed by atoms with E-state index < -0.39 is 0 Å². The molecule has 1 aromatic carbocycles. The zero-order valence-corrected chi connectivity index (χ0v) is 12.8. The summed E-state index contributed by atoms with van der Waals surface area (Å²) in [4.78, 5) is 12.3. The molecule has 0 spiro atoms. The van der Waals surface area contributed by atoms with Crippen LogP contribution >= 0.6 is 0 Å². The molecule has 2 rings (SSSR count). The Labute approximate surface area is 125 Å². The number of carbonyl (C=O) groups is 1. The molecule has 0 aliphatic carbocycles. The van der Waals surface area contributed by atoms with E-state index in [1.807, 2.05) is 19.1 Å². The Hall–Kier alpha value is -2.30. The van der Waals surface area contributed by atoms with Crippen LogP contribution in [0.15, 0.2) is 24.3 Å². The lowest BCUT2D eigenvalue weighted by atomic mass is 10.1. The third-order valence-corrected chi connectivity index (χ3v) is 3.59. The van der Waals surface area contributed by atoms with Crippen molar-refractivity contribution < 1.29 is 4.79 Å². The Morgan fingerprint density at radius 1 is 1.19 bits per heavy atom. The van der Waals surface area contributed by atoms with Crippen LogP contribution in [0.1, 0.15) is 41.2 Å². The van der Waals surface area contributed by atoms with Crippen LogP contribution in [0.5, 0.6) is 0 Å². The van der Waals surface area contributed by atoms with Crippen molar-refractivity contribution in [1.29, 1.82) is 0 Å². The van der Waals surface area contributed by atoms with E-state index in [2.05, 4.69) is 29.5 Å². The molecule has 0 radical (unpaired) electrons. The molecule has 1 amide bonds. The zero-order valence-electron chi connectivity index (χ0n) is 12.8. The molecule has 0 bridgehead atoms. The summed E-state index contributed by atoms with van der Waals surface area (Å²) in [5, 5.41) is 7.15. The Morgan fingerprint density at radius 3 is 2.33 bits per heavy atom. The van der Waals surface area contributed by atoms with Crippen LogP contribution < -0.4 is 11.1 Å². The standard InChI is InChI=1S/C16H22N4O/c1-4-11-6-8-12(9-7-11)10-18-16(21)15-14(17)13(5-2)19-20(15)3/h6-9H,4-5,10,17H2,1-3H3,(H,18,21). The smallest absolute Gasteiger partial charge is 0.271 e. The molecule has 0 aliphatic heterocycles. The van der Waals surface area contributed by atoms with E-state index in [1.54, 1.807) is 11.7 Å². The summed E-state index contributed by atoms with van der Waals surface area (Å²) in [6.07, 6.45) is 1.73. The van der Waals surface area contributed by atoms with Crippen LogP contribution in [0, 0.1) is 0 Å². The predicted molar refractivity (Wildman–Crippen MR) is 84.0 cm³/mol. The van der Waals surface area contributed by atoms with Gasteiger partial charge in [-0.15, -0.1) is 0 Å². The molecule has 112 valence electrons. The van der Waals surface area contributed by atoms with Gasteiger partial charge in [-0.25, -0.2) is 0 Å². The maximum Gasteiger partial charge on any atom is 0.271 e. The first-order chi connectivity index (χ1) is 10.1. The highest BCUT2D eigenvalue weighted by Crippen LogP contribution is 2.16. The fourth-order valence-electron chi connectivity index (χ4n) is 2.29. The van der Waals surface area contributed by atoms with Crippen molar-refractivity contribution in [2.75, 3.05) is 5.73 Å². The molecule has 0 saturated heterocycles. The highest BCUT2D eigenvalue weighted by Gasteiger charge is 2.18. The van der Waals surface area contributed by atoms with Crippen LogP contribution in [0.3, 0.4) is 0 Å². The van der Waals surface area contributed by atoms with Gasteiger partial charge in [0.2, 0.25) is 0 Å². The Bertz CT molecular complexity index is 628. The number of benzene rings is 1. The number of nitrogens with one attached hydrogen (secondary N) is 1. The van der Waals surface area contributed by atoms with E-state index in [-0.39, 0.29) is 5.91 Å². The second-order valence-electron chi connectivity index (χ2n) is 5.04. The molecule has 0 unspecified atom stereocenters. The average Bonchev–Trinajstić information content (AvgIpc) is 2.79. The minimum atomic E-state index is -0.193. The summed E-state index contributed by atoms with van der Waals surface area (Å²) in [5.41, 5.74) is 9.99. The molecule has 0 fully saturated rings. The number of nitrogen functional groups attached to an aromatic ring is 1. The lowest BCUT2D eigenvalue weighted by Gasteiger charge is -2.07. The Balaban J connectivity index is 2.06. The average molecular weight is 286 g/mol. The quantitative estimate of drug-likeness (QED) is 0.883. The molecule has 1 heterocycles. The van der Waals surface area contributed by atoms with Crippen molar-refractivity contribution in [3.05, 3.63) is 46.8 Å². The lowest BCUT2D eigenvalue weighted by Crippen LogP contribution is -2.26. The molecular weight excluding hydrogens is 264 g/mol. The van der Waals surface area contributed by atoms with E-state index in [9.17, 15) is 4.79 Å². The minimum absolute atomic E-state index is 0.193. The summed E-state index contributed by atoms with van der Waals surface area (Å²) >= 11 is 0. The van der Waals surface area contributed by atoms with Crippen molar-refractivity contribution in [2.24, 2.45) is 7.05 Å². The number of aryl methyl sites for hydroxylation is 3. The number of amides is 1. The molecule has 2 aromatic rings. The number of aromatic nitrogens is 2. The summed E-state index contributed by atoms with van der Waals surface area (Å²) in [6.45, 7) is 4.57. The van der Waals surface area contributed by atoms with Gasteiger partial charge in [0.25, 0.3) is 5.91 Å². The van der Waals surface area contributed by atoms with E-state index in [0.717, 1.165) is 17.7 Å². The molecule has 1 aromatic heterocycles. The second kappa shape index (κ2) is 6.43. The van der Waals surface area contributed by atoms with Gasteiger partial charge in [-0.3, -0.25) is 9.48 Å². The highest BCUT2D eigenvalue weighted by atomic mass is 16.2. The van der Waals surface area contributed by atoms with E-state index in [4.69, 9.17) is 5.73 Å². The maximum absolute atomic E-state index is 12.3. The first kappa shape index (κ1) is 15.1. The number of anilines is 1. The topological polar surface area (TPSA) is 72.9 Å². The van der Waals surface area contributed by atoms with Gasteiger partial charge in [-0.05, 0) is 24.0 Å². The van der Waals surface area contributed by atoms with Gasteiger partial charge in [0.05, 0.1) is 11.4 Å². The van der Waals surface area contributed by atoms with Gasteiger partial charge in [0, 0.05) is 13.6 Å². The predicted octanol–water partition coefficient (Wildman–Crippen LogP) is 2.06. The van der Waals surface area contributed by atoms with E-state index in [1.165, 1.54) is 5.56 Å². The Kier molecular flexibility index (Phi) is 4.62. The fraction of sp³-hybridized carbons (Fsp3) is 0.375. The van der Waals surface area contributed by atoms with Gasteiger partial charge in [0.1, 0.15) is 5.69 Å². The fourth-order valence-corrected chi connectivity index (χ4v) is 2.29. The van der Waals surface area contributed by atoms with Crippen molar-refractivity contribution in [2.45, 2.75) is 33.2 Å². The Morgan fingerprint density at radius 2 is 1.81 bits per heavy atom. The van der Waals surface area contributed by atoms with Crippen molar-refractivity contribution >= 4 is 11.6 Å². The van der Waals surface area contributed by atoms with Gasteiger partial charge < -0.3 is 11.1 Å². The zero-order chi connectivity index (χ0) is 15.4. The highest BCUT2D eigenvalue weighted by molar-refractivity contribution is 5.97. The molecule has 0 atom stereocenters. The molecular formula is C16H22N4O. The first-order valence-electron chi connectivity index (χ1n) is 7.24. The molecule has 0 saturated carbocycles. The lowest BCUT2D eigenvalue weighted by molar-refractivity contribution is 0.0942. The van der Waals surface area contributed by atoms with Crippen LogP contribution in [-0.4, -0.2) is 15.7 Å². The van der Waals surface area contributed by atoms with Crippen molar-refractivity contribution in [1.82, 2.24) is 15.1 Å². The van der Waals surface area contributed by atoms with Crippen molar-refractivity contribution in [3.8, 4) is 0 Å². The van der Waals surface area contributed by atoms with Crippen LogP contribution in [0.4, 0.5) is 5.69 Å². The molecule has 21 heavy (non-hydrogen) atoms. The second-order valence-corrected chi connectivity index (χ2v) is 5.04. The van der Waals surface area contributed by atoms with E-state index >= 15 is 0 Å². The van der Waals surface area contributed by atoms with Gasteiger partial charge in [-0.2, -0.15) is 5.10 Å². The van der Waals surface area contributed by atoms with Gasteiger partial charge in [-0.1, -0.05) is 38.1 Å². The van der Waals surface area contributed by atoms with Crippen LogP contribution in [-0.2, 0) is 26.4 Å². The molecule has 0 aliphatic rings. The van der Waals surface area contributed by atoms with Crippen LogP contribution in [0.2, 0.25) is 0 Å². The summed E-state index contributed by atoms with van der Waals surface area (Å²) in [7, 11) is 1.74. The van der Waals surface area contributed by atoms with Gasteiger partial charge >= 0.3 is 0 Å². The number of hydrogen-bond acceptors (Lipinski definition) is 3. The normalized spacial score (nSPS) is 10.6. The van der Waals surface area contributed by atoms with Gasteiger partial charge in [0.15, 0.2) is 0 Å². The summed E-state index contributed by atoms with van der Waals surface area (Å²) in [5.74, 6) is -0.193. The van der Waals surface area contributed by atoms with Crippen molar-refractivity contribution in [3.63, 3.8) is 0 Å². The summed E-state index contributed by atoms with van der Waals surface area (Å²) < 4.78 is 1.55. The minimum Gasteiger partial charge on any atom is -0.395 e. The third-order valence-electron chi connectivity index (χ3n) is 3.59. The number of carbonyl (C=O) groups excluding carboxylic acids is 1. The van der Waals surface area contributed by atoms with Crippen LogP contribution in [0.25, 0.3) is 0 Å². The monoisotopic (exact) mass is 286 g/mol. The largest absolute Gasteiger partial charge is 0.395 e. The number of rotatable bonds is 5. The number of hydrogen-bond donors (Lipinski definition) is 2. The SMILES string of the molecule is CCc1ccc(CNC(=O)c2c(N)c(CC)nn2C)cc1. The first-order valence-corrected chi connectivity index (χ1v) is 7.24. The number of nitrogens with zero attached hydrogens (tertiary/aromatic N) is 2. The number of nitrogens with two attached hydrogens (primary N) is 1. The van der Waals surface area contributed by atoms with E-state index in [0.29, 0.717) is 24.3 Å². The molecule has 3 N–H and O–H groups in total. The summed E-state index contributed by atoms with van der Waals surface area (Å²) in [6, 6.07) is 8.22.